The summed E-state index contributed by atoms with van der Waals surface area (Å²) in [4.78, 5) is 15.7. The zero-order valence-corrected chi connectivity index (χ0v) is 10.3. The van der Waals surface area contributed by atoms with Crippen LogP contribution in [0.5, 0.6) is 0 Å². The zero-order valence-electron chi connectivity index (χ0n) is 9.50. The van der Waals surface area contributed by atoms with E-state index in [2.05, 4.69) is 4.98 Å². The Morgan fingerprint density at radius 1 is 1.44 bits per heavy atom. The van der Waals surface area contributed by atoms with Gasteiger partial charge in [0.2, 0.25) is 0 Å². The van der Waals surface area contributed by atoms with E-state index in [0.717, 1.165) is 0 Å². The molecule has 5 nitrogen and oxygen atoms in total. The average Bonchev–Trinajstić information content (AvgIpc) is 2.83. The summed E-state index contributed by atoms with van der Waals surface area (Å²) in [6.07, 6.45) is -0.0468. The lowest BCUT2D eigenvalue weighted by atomic mass is 10.0. The van der Waals surface area contributed by atoms with E-state index < -0.39 is 12.2 Å². The summed E-state index contributed by atoms with van der Waals surface area (Å²) in [7, 11) is 4.42. The summed E-state index contributed by atoms with van der Waals surface area (Å²) in [6.45, 7) is 0. The lowest BCUT2D eigenvalue weighted by molar-refractivity contribution is -0.149. The highest BCUT2D eigenvalue weighted by Gasteiger charge is 2.27. The molecule has 0 spiro atoms. The number of hydrogen-bond donors (Lipinski definition) is 0. The summed E-state index contributed by atoms with van der Waals surface area (Å²) < 4.78 is 14.9. The molecular formula is C10H15NO4S. The molecule has 1 aromatic heterocycles. The van der Waals surface area contributed by atoms with Gasteiger partial charge in [-0.3, -0.25) is 4.79 Å². The number of aromatic nitrogens is 1. The SMILES string of the molecule is COC(=O)C(CC(OC)OC)c1cscn1. The fraction of sp³-hybridized carbons (Fsp3) is 0.600. The molecule has 16 heavy (non-hydrogen) atoms. The standard InChI is InChI=1S/C10H15NO4S/c1-13-9(14-2)4-7(10(12)15-3)8-5-16-6-11-8/h5-7,9H,4H2,1-3H3. The maximum atomic E-state index is 11.6. The van der Waals surface area contributed by atoms with Crippen molar-refractivity contribution in [2.75, 3.05) is 21.3 Å². The van der Waals surface area contributed by atoms with Crippen molar-refractivity contribution in [3.05, 3.63) is 16.6 Å². The Hall–Kier alpha value is -0.980. The van der Waals surface area contributed by atoms with Crippen molar-refractivity contribution < 1.29 is 19.0 Å². The molecule has 0 aliphatic carbocycles. The van der Waals surface area contributed by atoms with Gasteiger partial charge in [-0.05, 0) is 0 Å². The number of carbonyl (C=O) groups excluding carboxylic acids is 1. The fourth-order valence-electron chi connectivity index (χ4n) is 1.36. The second-order valence-corrected chi connectivity index (χ2v) is 3.84. The second-order valence-electron chi connectivity index (χ2n) is 3.13. The number of esters is 1. The van der Waals surface area contributed by atoms with Crippen LogP contribution in [0.25, 0.3) is 0 Å². The third kappa shape index (κ3) is 3.26. The van der Waals surface area contributed by atoms with E-state index in [4.69, 9.17) is 14.2 Å². The van der Waals surface area contributed by atoms with Gasteiger partial charge in [-0.2, -0.15) is 0 Å². The van der Waals surface area contributed by atoms with Crippen molar-refractivity contribution in [2.45, 2.75) is 18.6 Å². The van der Waals surface area contributed by atoms with Crippen LogP contribution in [0.2, 0.25) is 0 Å². The van der Waals surface area contributed by atoms with Gasteiger partial charge >= 0.3 is 5.97 Å². The van der Waals surface area contributed by atoms with Gasteiger partial charge in [0, 0.05) is 26.0 Å². The van der Waals surface area contributed by atoms with E-state index in [1.54, 1.807) is 5.51 Å². The highest BCUT2D eigenvalue weighted by molar-refractivity contribution is 7.07. The highest BCUT2D eigenvalue weighted by Crippen LogP contribution is 2.23. The first-order chi connectivity index (χ1) is 7.72. The van der Waals surface area contributed by atoms with Crippen LogP contribution < -0.4 is 0 Å². The molecule has 0 amide bonds. The highest BCUT2D eigenvalue weighted by atomic mass is 32.1. The average molecular weight is 245 g/mol. The van der Waals surface area contributed by atoms with Gasteiger partial charge in [0.05, 0.1) is 18.3 Å². The molecule has 0 N–H and O–H groups in total. The van der Waals surface area contributed by atoms with Crippen LogP contribution >= 0.6 is 11.3 Å². The van der Waals surface area contributed by atoms with Gasteiger partial charge in [-0.15, -0.1) is 11.3 Å². The van der Waals surface area contributed by atoms with E-state index in [1.165, 1.54) is 32.7 Å². The summed E-state index contributed by atoms with van der Waals surface area (Å²) in [5.41, 5.74) is 2.37. The number of carbonyl (C=O) groups is 1. The Morgan fingerprint density at radius 3 is 2.56 bits per heavy atom. The number of hydrogen-bond acceptors (Lipinski definition) is 6. The molecule has 0 aliphatic heterocycles. The minimum absolute atomic E-state index is 0.329. The van der Waals surface area contributed by atoms with Gasteiger partial charge < -0.3 is 14.2 Å². The zero-order chi connectivity index (χ0) is 12.0. The maximum absolute atomic E-state index is 11.6. The molecule has 1 heterocycles. The molecule has 0 saturated heterocycles. The van der Waals surface area contributed by atoms with Gasteiger partial charge in [0.25, 0.3) is 0 Å². The van der Waals surface area contributed by atoms with Crippen molar-refractivity contribution in [1.29, 1.82) is 0 Å². The summed E-state index contributed by atoms with van der Waals surface area (Å²) in [5, 5.41) is 1.82. The number of thiazole rings is 1. The van der Waals surface area contributed by atoms with E-state index in [0.29, 0.717) is 12.1 Å². The minimum Gasteiger partial charge on any atom is -0.469 e. The lowest BCUT2D eigenvalue weighted by Gasteiger charge is -2.18. The van der Waals surface area contributed by atoms with Crippen molar-refractivity contribution >= 4 is 17.3 Å². The van der Waals surface area contributed by atoms with E-state index in [1.807, 2.05) is 5.38 Å². The Labute approximate surface area is 98.3 Å². The van der Waals surface area contributed by atoms with Crippen LogP contribution in [-0.4, -0.2) is 38.6 Å². The van der Waals surface area contributed by atoms with Crippen LogP contribution in [0.3, 0.4) is 0 Å². The monoisotopic (exact) mass is 245 g/mol. The summed E-state index contributed by atoms with van der Waals surface area (Å²) in [5.74, 6) is -0.772. The number of rotatable bonds is 6. The Morgan fingerprint density at radius 2 is 2.12 bits per heavy atom. The molecule has 1 aromatic rings. The van der Waals surface area contributed by atoms with Crippen LogP contribution in [0.1, 0.15) is 18.0 Å². The normalized spacial score (nSPS) is 12.8. The second kappa shape index (κ2) is 6.57. The summed E-state index contributed by atoms with van der Waals surface area (Å²) in [6, 6.07) is 0. The van der Waals surface area contributed by atoms with Crippen LogP contribution in [0.4, 0.5) is 0 Å². The Balaban J connectivity index is 2.76. The molecule has 0 bridgehead atoms. The smallest absolute Gasteiger partial charge is 0.314 e. The third-order valence-corrected chi connectivity index (χ3v) is 2.85. The molecule has 6 heteroatoms. The van der Waals surface area contributed by atoms with Gasteiger partial charge in [-0.25, -0.2) is 4.98 Å². The molecule has 1 rings (SSSR count). The largest absolute Gasteiger partial charge is 0.469 e. The van der Waals surface area contributed by atoms with Gasteiger partial charge in [0.15, 0.2) is 6.29 Å². The first kappa shape index (κ1) is 13.1. The molecular weight excluding hydrogens is 230 g/mol. The van der Waals surface area contributed by atoms with Crippen LogP contribution in [-0.2, 0) is 19.0 Å². The molecule has 1 unspecified atom stereocenters. The van der Waals surface area contributed by atoms with Crippen LogP contribution in [0.15, 0.2) is 10.9 Å². The third-order valence-electron chi connectivity index (χ3n) is 2.25. The fourth-order valence-corrected chi connectivity index (χ4v) is 1.96. The van der Waals surface area contributed by atoms with E-state index in [-0.39, 0.29) is 5.97 Å². The predicted molar refractivity (Wildman–Crippen MR) is 59.3 cm³/mol. The number of ether oxygens (including phenoxy) is 3. The number of nitrogens with zero attached hydrogens (tertiary/aromatic N) is 1. The minimum atomic E-state index is -0.443. The molecule has 0 radical (unpaired) electrons. The predicted octanol–water partition coefficient (Wildman–Crippen LogP) is 1.41. The Kier molecular flexibility index (Phi) is 5.37. The molecule has 1 atom stereocenters. The maximum Gasteiger partial charge on any atom is 0.314 e. The molecule has 0 aromatic carbocycles. The molecule has 90 valence electrons. The van der Waals surface area contributed by atoms with Crippen LogP contribution in [0, 0.1) is 0 Å². The topological polar surface area (TPSA) is 57.7 Å². The first-order valence-corrected chi connectivity index (χ1v) is 5.68. The quantitative estimate of drug-likeness (QED) is 0.560. The summed E-state index contributed by atoms with van der Waals surface area (Å²) >= 11 is 1.44. The van der Waals surface area contributed by atoms with Crippen molar-refractivity contribution in [1.82, 2.24) is 4.98 Å². The molecule has 0 saturated carbocycles. The Bertz CT molecular complexity index is 311. The molecule has 0 fully saturated rings. The van der Waals surface area contributed by atoms with Crippen molar-refractivity contribution in [3.63, 3.8) is 0 Å². The van der Waals surface area contributed by atoms with Gasteiger partial charge in [-0.1, -0.05) is 0 Å². The van der Waals surface area contributed by atoms with E-state index in [9.17, 15) is 4.79 Å². The van der Waals surface area contributed by atoms with Crippen molar-refractivity contribution in [3.8, 4) is 0 Å². The molecule has 0 aliphatic rings. The van der Waals surface area contributed by atoms with E-state index >= 15 is 0 Å². The van der Waals surface area contributed by atoms with Gasteiger partial charge in [0.1, 0.15) is 5.92 Å². The first-order valence-electron chi connectivity index (χ1n) is 4.74. The lowest BCUT2D eigenvalue weighted by Crippen LogP contribution is -2.23. The van der Waals surface area contributed by atoms with Crippen molar-refractivity contribution in [2.24, 2.45) is 0 Å². The number of methoxy groups -OCH3 is 3.